The molecule has 1 aliphatic rings. The molecule has 0 saturated carbocycles. The van der Waals surface area contributed by atoms with Crippen LogP contribution >= 0.6 is 12.4 Å². The van der Waals surface area contributed by atoms with Crippen LogP contribution in [0.15, 0.2) is 24.3 Å². The Morgan fingerprint density at radius 3 is 2.44 bits per heavy atom. The van der Waals surface area contributed by atoms with Gasteiger partial charge >= 0.3 is 0 Å². The fourth-order valence-electron chi connectivity index (χ4n) is 1.69. The SMILES string of the molecule is CN(Cc1ccc(C#N)cc1)C1CNC1.Cl. The van der Waals surface area contributed by atoms with Crippen molar-refractivity contribution in [1.82, 2.24) is 10.2 Å². The summed E-state index contributed by atoms with van der Waals surface area (Å²) in [4.78, 5) is 2.35. The van der Waals surface area contributed by atoms with Gasteiger partial charge in [0, 0.05) is 25.7 Å². The molecular formula is C12H16ClN3. The molecule has 1 N–H and O–H groups in total. The molecule has 16 heavy (non-hydrogen) atoms. The number of likely N-dealkylation sites (N-methyl/N-ethyl adjacent to an activating group) is 1. The van der Waals surface area contributed by atoms with Crippen molar-refractivity contribution in [2.24, 2.45) is 0 Å². The molecule has 0 aliphatic carbocycles. The topological polar surface area (TPSA) is 39.1 Å². The summed E-state index contributed by atoms with van der Waals surface area (Å²) in [6.07, 6.45) is 0. The van der Waals surface area contributed by atoms with Crippen LogP contribution in [0, 0.1) is 11.3 Å². The number of hydrogen-bond acceptors (Lipinski definition) is 3. The van der Waals surface area contributed by atoms with Gasteiger partial charge in [-0.15, -0.1) is 12.4 Å². The summed E-state index contributed by atoms with van der Waals surface area (Å²) in [5, 5.41) is 11.9. The van der Waals surface area contributed by atoms with Gasteiger partial charge in [-0.25, -0.2) is 0 Å². The van der Waals surface area contributed by atoms with Crippen LogP contribution in [0.4, 0.5) is 0 Å². The Balaban J connectivity index is 0.00000128. The van der Waals surface area contributed by atoms with Crippen LogP contribution in [0.2, 0.25) is 0 Å². The van der Waals surface area contributed by atoms with Crippen molar-refractivity contribution in [3.05, 3.63) is 35.4 Å². The molecular weight excluding hydrogens is 222 g/mol. The molecule has 3 nitrogen and oxygen atoms in total. The Bertz CT molecular complexity index is 365. The van der Waals surface area contributed by atoms with Gasteiger partial charge in [-0.05, 0) is 24.7 Å². The van der Waals surface area contributed by atoms with Gasteiger partial charge in [0.25, 0.3) is 0 Å². The third-order valence-electron chi connectivity index (χ3n) is 2.90. The fraction of sp³-hybridized carbons (Fsp3) is 0.417. The number of benzene rings is 1. The highest BCUT2D eigenvalue weighted by Crippen LogP contribution is 2.10. The first-order valence-corrected chi connectivity index (χ1v) is 5.19. The highest BCUT2D eigenvalue weighted by atomic mass is 35.5. The lowest BCUT2D eigenvalue weighted by Gasteiger charge is -2.35. The lowest BCUT2D eigenvalue weighted by Crippen LogP contribution is -2.55. The Labute approximate surface area is 102 Å². The average molecular weight is 238 g/mol. The van der Waals surface area contributed by atoms with Crippen LogP contribution in [0.1, 0.15) is 11.1 Å². The summed E-state index contributed by atoms with van der Waals surface area (Å²) in [6, 6.07) is 10.6. The zero-order valence-corrected chi connectivity index (χ0v) is 10.1. The molecule has 1 aromatic carbocycles. The van der Waals surface area contributed by atoms with E-state index in [1.165, 1.54) is 5.56 Å². The first-order valence-electron chi connectivity index (χ1n) is 5.19. The molecule has 86 valence electrons. The number of rotatable bonds is 3. The second-order valence-corrected chi connectivity index (χ2v) is 4.04. The molecule has 0 bridgehead atoms. The van der Waals surface area contributed by atoms with Crippen molar-refractivity contribution in [3.63, 3.8) is 0 Å². The second-order valence-electron chi connectivity index (χ2n) is 4.04. The van der Waals surface area contributed by atoms with Crippen molar-refractivity contribution in [3.8, 4) is 6.07 Å². The van der Waals surface area contributed by atoms with E-state index in [2.05, 4.69) is 23.3 Å². The van der Waals surface area contributed by atoms with Crippen LogP contribution in [0.25, 0.3) is 0 Å². The summed E-state index contributed by atoms with van der Waals surface area (Å²) in [5.74, 6) is 0. The third kappa shape index (κ3) is 2.96. The molecule has 1 aromatic rings. The molecule has 1 aliphatic heterocycles. The van der Waals surface area contributed by atoms with Gasteiger partial charge in [-0.3, -0.25) is 4.90 Å². The molecule has 0 atom stereocenters. The maximum atomic E-state index is 8.68. The molecule has 2 rings (SSSR count). The van der Waals surface area contributed by atoms with E-state index in [4.69, 9.17) is 5.26 Å². The van der Waals surface area contributed by atoms with Crippen LogP contribution in [-0.4, -0.2) is 31.1 Å². The van der Waals surface area contributed by atoms with Gasteiger partial charge in [0.2, 0.25) is 0 Å². The summed E-state index contributed by atoms with van der Waals surface area (Å²) in [6.45, 7) is 3.14. The fourth-order valence-corrected chi connectivity index (χ4v) is 1.69. The highest BCUT2D eigenvalue weighted by molar-refractivity contribution is 5.85. The predicted octanol–water partition coefficient (Wildman–Crippen LogP) is 1.38. The number of nitrogens with zero attached hydrogens (tertiary/aromatic N) is 2. The monoisotopic (exact) mass is 237 g/mol. The minimum absolute atomic E-state index is 0. The zero-order chi connectivity index (χ0) is 10.7. The van der Waals surface area contributed by atoms with Gasteiger partial charge in [-0.1, -0.05) is 12.1 Å². The van der Waals surface area contributed by atoms with Crippen LogP contribution in [0.5, 0.6) is 0 Å². The normalized spacial score (nSPS) is 15.1. The van der Waals surface area contributed by atoms with E-state index in [9.17, 15) is 0 Å². The molecule has 0 unspecified atom stereocenters. The lowest BCUT2D eigenvalue weighted by atomic mass is 10.1. The van der Waals surface area contributed by atoms with E-state index in [0.717, 1.165) is 25.2 Å². The van der Waals surface area contributed by atoms with Crippen molar-refractivity contribution >= 4 is 12.4 Å². The number of nitriles is 1. The number of nitrogens with one attached hydrogen (secondary N) is 1. The van der Waals surface area contributed by atoms with Gasteiger partial charge < -0.3 is 5.32 Å². The predicted molar refractivity (Wildman–Crippen MR) is 66.5 cm³/mol. The highest BCUT2D eigenvalue weighted by Gasteiger charge is 2.20. The molecule has 1 heterocycles. The quantitative estimate of drug-likeness (QED) is 0.864. The molecule has 1 saturated heterocycles. The minimum Gasteiger partial charge on any atom is -0.314 e. The Hall–Kier alpha value is -1.08. The largest absolute Gasteiger partial charge is 0.314 e. The molecule has 0 radical (unpaired) electrons. The van der Waals surface area contributed by atoms with Gasteiger partial charge in [0.05, 0.1) is 11.6 Å². The molecule has 0 aromatic heterocycles. The van der Waals surface area contributed by atoms with E-state index in [1.807, 2.05) is 24.3 Å². The standard InChI is InChI=1S/C12H15N3.ClH/c1-15(12-7-14-8-12)9-11-4-2-10(6-13)3-5-11;/h2-5,12,14H,7-9H2,1H3;1H. The summed E-state index contributed by atoms with van der Waals surface area (Å²) in [5.41, 5.74) is 2.00. The number of hydrogen-bond donors (Lipinski definition) is 1. The summed E-state index contributed by atoms with van der Waals surface area (Å²) >= 11 is 0. The van der Waals surface area contributed by atoms with E-state index in [-0.39, 0.29) is 12.4 Å². The van der Waals surface area contributed by atoms with E-state index in [1.54, 1.807) is 0 Å². The van der Waals surface area contributed by atoms with Crippen molar-refractivity contribution in [2.75, 3.05) is 20.1 Å². The smallest absolute Gasteiger partial charge is 0.0991 e. The van der Waals surface area contributed by atoms with Crippen molar-refractivity contribution in [1.29, 1.82) is 5.26 Å². The molecule has 0 amide bonds. The number of halogens is 1. The third-order valence-corrected chi connectivity index (χ3v) is 2.90. The minimum atomic E-state index is 0. The zero-order valence-electron chi connectivity index (χ0n) is 9.31. The van der Waals surface area contributed by atoms with Crippen LogP contribution < -0.4 is 5.32 Å². The van der Waals surface area contributed by atoms with E-state index >= 15 is 0 Å². The van der Waals surface area contributed by atoms with Crippen LogP contribution in [-0.2, 0) is 6.54 Å². The van der Waals surface area contributed by atoms with Gasteiger partial charge in [-0.2, -0.15) is 5.26 Å². The van der Waals surface area contributed by atoms with Crippen LogP contribution in [0.3, 0.4) is 0 Å². The van der Waals surface area contributed by atoms with E-state index in [0.29, 0.717) is 6.04 Å². The van der Waals surface area contributed by atoms with Crippen molar-refractivity contribution in [2.45, 2.75) is 12.6 Å². The lowest BCUT2D eigenvalue weighted by molar-refractivity contribution is 0.173. The molecule has 4 heteroatoms. The van der Waals surface area contributed by atoms with E-state index < -0.39 is 0 Å². The van der Waals surface area contributed by atoms with Gasteiger partial charge in [0.1, 0.15) is 0 Å². The Kier molecular flexibility index (Phi) is 4.75. The maximum Gasteiger partial charge on any atom is 0.0991 e. The van der Waals surface area contributed by atoms with Gasteiger partial charge in [0.15, 0.2) is 0 Å². The average Bonchev–Trinajstić information content (AvgIpc) is 2.16. The second kappa shape index (κ2) is 5.86. The summed E-state index contributed by atoms with van der Waals surface area (Å²) in [7, 11) is 2.14. The van der Waals surface area contributed by atoms with Crippen molar-refractivity contribution < 1.29 is 0 Å². The molecule has 0 spiro atoms. The first-order chi connectivity index (χ1) is 7.29. The summed E-state index contributed by atoms with van der Waals surface area (Å²) < 4.78 is 0. The first kappa shape index (κ1) is 13.0. The molecule has 1 fully saturated rings. The Morgan fingerprint density at radius 1 is 1.38 bits per heavy atom. The Morgan fingerprint density at radius 2 is 2.00 bits per heavy atom. The maximum absolute atomic E-state index is 8.68.